The van der Waals surface area contributed by atoms with Crippen molar-refractivity contribution >= 4 is 5.84 Å². The van der Waals surface area contributed by atoms with Crippen molar-refractivity contribution < 1.29 is 0 Å². The summed E-state index contributed by atoms with van der Waals surface area (Å²) >= 11 is 0. The average molecular weight is 195 g/mol. The second-order valence-corrected chi connectivity index (χ2v) is 4.52. The van der Waals surface area contributed by atoms with Gasteiger partial charge in [0.15, 0.2) is 0 Å². The maximum absolute atomic E-state index is 5.93. The first-order valence-corrected chi connectivity index (χ1v) is 5.85. The van der Waals surface area contributed by atoms with Crippen LogP contribution in [-0.4, -0.2) is 36.4 Å². The second kappa shape index (κ2) is 4.30. The summed E-state index contributed by atoms with van der Waals surface area (Å²) < 4.78 is 0. The molecule has 1 aliphatic carbocycles. The number of rotatable bonds is 3. The van der Waals surface area contributed by atoms with Gasteiger partial charge in [0.25, 0.3) is 0 Å². The van der Waals surface area contributed by atoms with Crippen LogP contribution in [0.2, 0.25) is 0 Å². The van der Waals surface area contributed by atoms with Crippen molar-refractivity contribution in [2.24, 2.45) is 16.6 Å². The van der Waals surface area contributed by atoms with Gasteiger partial charge in [-0.2, -0.15) is 0 Å². The van der Waals surface area contributed by atoms with Crippen LogP contribution in [0.3, 0.4) is 0 Å². The number of hydrogen-bond donors (Lipinski definition) is 1. The highest BCUT2D eigenvalue weighted by Crippen LogP contribution is 2.29. The Bertz CT molecular complexity index is 221. The highest BCUT2D eigenvalue weighted by atomic mass is 15.1. The van der Waals surface area contributed by atoms with Gasteiger partial charge < -0.3 is 10.6 Å². The Kier molecular flexibility index (Phi) is 3.06. The van der Waals surface area contributed by atoms with Gasteiger partial charge in [0.05, 0.1) is 11.9 Å². The molecule has 0 aromatic rings. The lowest BCUT2D eigenvalue weighted by atomic mass is 10.1. The van der Waals surface area contributed by atoms with Crippen LogP contribution in [0, 0.1) is 5.92 Å². The van der Waals surface area contributed by atoms with E-state index in [1.54, 1.807) is 0 Å². The Morgan fingerprint density at radius 2 is 2.21 bits per heavy atom. The first-order valence-electron chi connectivity index (χ1n) is 5.85. The summed E-state index contributed by atoms with van der Waals surface area (Å²) in [6, 6.07) is 0.476. The summed E-state index contributed by atoms with van der Waals surface area (Å²) in [6.07, 6.45) is 5.03. The van der Waals surface area contributed by atoms with Gasteiger partial charge in [0, 0.05) is 12.5 Å². The number of aliphatic imine (C=N–C) groups is 1. The molecule has 1 unspecified atom stereocenters. The topological polar surface area (TPSA) is 41.6 Å². The van der Waals surface area contributed by atoms with E-state index in [0.717, 1.165) is 18.9 Å². The van der Waals surface area contributed by atoms with Crippen LogP contribution < -0.4 is 5.73 Å². The number of nitrogens with zero attached hydrogens (tertiary/aromatic N) is 2. The van der Waals surface area contributed by atoms with Crippen molar-refractivity contribution in [3.05, 3.63) is 0 Å². The van der Waals surface area contributed by atoms with E-state index >= 15 is 0 Å². The molecular weight excluding hydrogens is 174 g/mol. The molecule has 14 heavy (non-hydrogen) atoms. The molecule has 2 rings (SSSR count). The van der Waals surface area contributed by atoms with Gasteiger partial charge in [0.2, 0.25) is 0 Å². The highest BCUT2D eigenvalue weighted by Gasteiger charge is 2.27. The van der Waals surface area contributed by atoms with Gasteiger partial charge in [0.1, 0.15) is 0 Å². The standard InChI is InChI=1S/C11H21N3/c1-2-14-7-3-4-10(8-14)13-11(12)9-5-6-9/h9-10H,2-8H2,1H3,(H2,12,13). The molecule has 0 aromatic heterocycles. The minimum absolute atomic E-state index is 0.476. The van der Waals surface area contributed by atoms with Crippen LogP contribution >= 0.6 is 0 Å². The van der Waals surface area contributed by atoms with E-state index in [4.69, 9.17) is 5.73 Å². The SMILES string of the molecule is CCN1CCCC(N=C(N)C2CC2)C1. The van der Waals surface area contributed by atoms with E-state index in [0.29, 0.717) is 12.0 Å². The van der Waals surface area contributed by atoms with Crippen molar-refractivity contribution in [3.63, 3.8) is 0 Å². The number of nitrogens with two attached hydrogens (primary N) is 1. The molecular formula is C11H21N3. The zero-order valence-corrected chi connectivity index (χ0v) is 9.08. The van der Waals surface area contributed by atoms with Crippen molar-refractivity contribution in [2.75, 3.05) is 19.6 Å². The van der Waals surface area contributed by atoms with Gasteiger partial charge in [-0.15, -0.1) is 0 Å². The maximum Gasteiger partial charge on any atom is 0.0972 e. The van der Waals surface area contributed by atoms with Crippen LogP contribution in [-0.2, 0) is 0 Å². The van der Waals surface area contributed by atoms with Crippen LogP contribution in [0.25, 0.3) is 0 Å². The van der Waals surface area contributed by atoms with Crippen LogP contribution in [0.1, 0.15) is 32.6 Å². The van der Waals surface area contributed by atoms with Gasteiger partial charge in [-0.1, -0.05) is 6.92 Å². The number of piperidine rings is 1. The predicted octanol–water partition coefficient (Wildman–Crippen LogP) is 1.24. The van der Waals surface area contributed by atoms with Crippen molar-refractivity contribution in [3.8, 4) is 0 Å². The molecule has 3 heteroatoms. The molecule has 1 atom stereocenters. The third-order valence-corrected chi connectivity index (χ3v) is 3.26. The van der Waals surface area contributed by atoms with E-state index in [1.165, 1.54) is 32.2 Å². The van der Waals surface area contributed by atoms with Gasteiger partial charge in [-0.3, -0.25) is 4.99 Å². The van der Waals surface area contributed by atoms with Gasteiger partial charge in [-0.05, 0) is 38.8 Å². The molecule has 3 nitrogen and oxygen atoms in total. The molecule has 1 saturated heterocycles. The second-order valence-electron chi connectivity index (χ2n) is 4.52. The monoisotopic (exact) mass is 195 g/mol. The van der Waals surface area contributed by atoms with Crippen molar-refractivity contribution in [1.29, 1.82) is 0 Å². The van der Waals surface area contributed by atoms with E-state index in [-0.39, 0.29) is 0 Å². The Hall–Kier alpha value is -0.570. The average Bonchev–Trinajstić information content (AvgIpc) is 3.01. The Morgan fingerprint density at radius 1 is 1.43 bits per heavy atom. The summed E-state index contributed by atoms with van der Waals surface area (Å²) in [5.41, 5.74) is 5.93. The molecule has 1 aliphatic heterocycles. The minimum atomic E-state index is 0.476. The summed E-state index contributed by atoms with van der Waals surface area (Å²) in [4.78, 5) is 7.12. The molecule has 0 bridgehead atoms. The molecule has 1 saturated carbocycles. The fourth-order valence-electron chi connectivity index (χ4n) is 2.12. The predicted molar refractivity (Wildman–Crippen MR) is 59.5 cm³/mol. The quantitative estimate of drug-likeness (QED) is 0.544. The van der Waals surface area contributed by atoms with E-state index in [1.807, 2.05) is 0 Å². The molecule has 2 N–H and O–H groups in total. The maximum atomic E-state index is 5.93. The Labute approximate surface area is 86.4 Å². The number of likely N-dealkylation sites (N-methyl/N-ethyl adjacent to an activating group) is 1. The summed E-state index contributed by atoms with van der Waals surface area (Å²) in [6.45, 7) is 5.72. The number of amidine groups is 1. The number of hydrogen-bond acceptors (Lipinski definition) is 2. The van der Waals surface area contributed by atoms with E-state index < -0.39 is 0 Å². The lowest BCUT2D eigenvalue weighted by molar-refractivity contribution is 0.220. The van der Waals surface area contributed by atoms with Gasteiger partial charge >= 0.3 is 0 Å². The van der Waals surface area contributed by atoms with Gasteiger partial charge in [-0.25, -0.2) is 0 Å². The molecule has 80 valence electrons. The first-order chi connectivity index (χ1) is 6.79. The van der Waals surface area contributed by atoms with E-state index in [2.05, 4.69) is 16.8 Å². The highest BCUT2D eigenvalue weighted by molar-refractivity contribution is 5.85. The molecule has 1 heterocycles. The van der Waals surface area contributed by atoms with Crippen molar-refractivity contribution in [1.82, 2.24) is 4.90 Å². The Morgan fingerprint density at radius 3 is 2.86 bits per heavy atom. The molecule has 0 radical (unpaired) electrons. The largest absolute Gasteiger partial charge is 0.387 e. The lowest BCUT2D eigenvalue weighted by Crippen LogP contribution is -2.38. The summed E-state index contributed by atoms with van der Waals surface area (Å²) in [5, 5.41) is 0. The zero-order chi connectivity index (χ0) is 9.97. The smallest absolute Gasteiger partial charge is 0.0972 e. The molecule has 0 amide bonds. The molecule has 2 fully saturated rings. The normalized spacial score (nSPS) is 30.6. The van der Waals surface area contributed by atoms with Crippen LogP contribution in [0.5, 0.6) is 0 Å². The van der Waals surface area contributed by atoms with E-state index in [9.17, 15) is 0 Å². The third-order valence-electron chi connectivity index (χ3n) is 3.26. The number of likely N-dealkylation sites (tertiary alicyclic amines) is 1. The molecule has 0 spiro atoms. The first kappa shape index (κ1) is 9.97. The third kappa shape index (κ3) is 2.47. The fourth-order valence-corrected chi connectivity index (χ4v) is 2.12. The van der Waals surface area contributed by atoms with Crippen molar-refractivity contribution in [2.45, 2.75) is 38.6 Å². The lowest BCUT2D eigenvalue weighted by Gasteiger charge is -2.29. The molecule has 2 aliphatic rings. The molecule has 0 aromatic carbocycles. The van der Waals surface area contributed by atoms with Crippen LogP contribution in [0.4, 0.5) is 0 Å². The zero-order valence-electron chi connectivity index (χ0n) is 9.08. The Balaban J connectivity index is 1.87. The van der Waals surface area contributed by atoms with Crippen LogP contribution in [0.15, 0.2) is 4.99 Å². The fraction of sp³-hybridized carbons (Fsp3) is 0.909. The summed E-state index contributed by atoms with van der Waals surface area (Å²) in [5.74, 6) is 1.56. The minimum Gasteiger partial charge on any atom is -0.387 e. The summed E-state index contributed by atoms with van der Waals surface area (Å²) in [7, 11) is 0.